The molecule has 1 aliphatic heterocycles. The minimum Gasteiger partial charge on any atom is -0.433 e. The monoisotopic (exact) mass is 415 g/mol. The molecule has 0 spiro atoms. The van der Waals surface area contributed by atoms with Crippen LogP contribution in [0.4, 0.5) is 4.39 Å². The lowest BCUT2D eigenvalue weighted by atomic mass is 9.94. The van der Waals surface area contributed by atoms with Gasteiger partial charge >= 0.3 is 5.97 Å². The van der Waals surface area contributed by atoms with Crippen molar-refractivity contribution in [2.45, 2.75) is 50.9 Å². The Kier molecular flexibility index (Phi) is 7.45. The summed E-state index contributed by atoms with van der Waals surface area (Å²) in [6.07, 6.45) is 1.87. The van der Waals surface area contributed by atoms with Crippen molar-refractivity contribution in [3.8, 4) is 6.07 Å². The summed E-state index contributed by atoms with van der Waals surface area (Å²) in [5.74, 6) is -0.505. The Morgan fingerprint density at radius 2 is 1.72 bits per heavy atom. The summed E-state index contributed by atoms with van der Waals surface area (Å²) in [4.78, 5) is 13.2. The van der Waals surface area contributed by atoms with Crippen molar-refractivity contribution in [3.05, 3.63) is 65.5 Å². The highest BCUT2D eigenvalue weighted by Crippen LogP contribution is 2.36. The molecule has 0 aromatic heterocycles. The molecule has 1 saturated heterocycles. The van der Waals surface area contributed by atoms with Crippen LogP contribution in [0.5, 0.6) is 0 Å². The SMILES string of the molecule is CC(C)(C)[C@@H]1OC(=O)[C@@](C)(Cc2ccc(C#N)cc2)O1.CSc1ccc(F)cc1. The number of carbonyl (C=O) groups excluding carboxylic acids is 1. The Hall–Kier alpha value is -2.36. The second-order valence-electron chi connectivity index (χ2n) is 8.10. The number of nitriles is 1. The van der Waals surface area contributed by atoms with E-state index in [9.17, 15) is 9.18 Å². The van der Waals surface area contributed by atoms with Crippen molar-refractivity contribution in [1.29, 1.82) is 5.26 Å². The lowest BCUT2D eigenvalue weighted by molar-refractivity contribution is -0.155. The van der Waals surface area contributed by atoms with Gasteiger partial charge in [-0.3, -0.25) is 0 Å². The molecule has 154 valence electrons. The van der Waals surface area contributed by atoms with E-state index in [0.29, 0.717) is 12.0 Å². The maximum absolute atomic E-state index is 12.2. The minimum atomic E-state index is -0.966. The summed E-state index contributed by atoms with van der Waals surface area (Å²) in [7, 11) is 0. The van der Waals surface area contributed by atoms with E-state index in [4.69, 9.17) is 14.7 Å². The fraction of sp³-hybridized carbons (Fsp3) is 0.391. The van der Waals surface area contributed by atoms with E-state index >= 15 is 0 Å². The van der Waals surface area contributed by atoms with Crippen LogP contribution in [0, 0.1) is 22.6 Å². The molecule has 1 fully saturated rings. The third kappa shape index (κ3) is 6.31. The molecule has 0 unspecified atom stereocenters. The Morgan fingerprint density at radius 3 is 2.17 bits per heavy atom. The van der Waals surface area contributed by atoms with E-state index in [-0.39, 0.29) is 17.2 Å². The molecule has 0 radical (unpaired) electrons. The van der Waals surface area contributed by atoms with Crippen molar-refractivity contribution in [3.63, 3.8) is 0 Å². The maximum Gasteiger partial charge on any atom is 0.340 e. The Morgan fingerprint density at radius 1 is 1.14 bits per heavy atom. The van der Waals surface area contributed by atoms with Gasteiger partial charge in [0, 0.05) is 16.7 Å². The van der Waals surface area contributed by atoms with Crippen LogP contribution < -0.4 is 0 Å². The molecule has 0 aliphatic carbocycles. The van der Waals surface area contributed by atoms with E-state index < -0.39 is 11.9 Å². The summed E-state index contributed by atoms with van der Waals surface area (Å²) >= 11 is 1.61. The highest BCUT2D eigenvalue weighted by atomic mass is 32.2. The number of cyclic esters (lactones) is 1. The highest BCUT2D eigenvalue weighted by molar-refractivity contribution is 7.98. The smallest absolute Gasteiger partial charge is 0.340 e. The molecular weight excluding hydrogens is 389 g/mol. The van der Waals surface area contributed by atoms with Gasteiger partial charge < -0.3 is 9.47 Å². The molecule has 1 aliphatic rings. The van der Waals surface area contributed by atoms with Crippen LogP contribution in [0.25, 0.3) is 0 Å². The van der Waals surface area contributed by atoms with E-state index in [0.717, 1.165) is 10.5 Å². The summed E-state index contributed by atoms with van der Waals surface area (Å²) in [6.45, 7) is 7.66. The number of carbonyl (C=O) groups is 1. The van der Waals surface area contributed by atoms with Gasteiger partial charge in [0.1, 0.15) is 5.82 Å². The first-order chi connectivity index (χ1) is 13.6. The highest BCUT2D eigenvalue weighted by Gasteiger charge is 2.50. The van der Waals surface area contributed by atoms with Crippen LogP contribution in [-0.2, 0) is 20.7 Å². The number of hydrogen-bond donors (Lipinski definition) is 0. The van der Waals surface area contributed by atoms with Crippen LogP contribution in [0.15, 0.2) is 53.4 Å². The zero-order chi connectivity index (χ0) is 21.7. The van der Waals surface area contributed by atoms with Gasteiger partial charge in [-0.05, 0) is 55.1 Å². The zero-order valence-electron chi connectivity index (χ0n) is 17.4. The lowest BCUT2D eigenvalue weighted by Crippen LogP contribution is -2.36. The van der Waals surface area contributed by atoms with E-state index in [1.807, 2.05) is 39.2 Å². The second kappa shape index (κ2) is 9.43. The normalized spacial score (nSPS) is 21.0. The van der Waals surface area contributed by atoms with E-state index in [1.165, 1.54) is 12.1 Å². The van der Waals surface area contributed by atoms with Crippen LogP contribution in [0.1, 0.15) is 38.8 Å². The first kappa shape index (κ1) is 22.9. The molecule has 29 heavy (non-hydrogen) atoms. The summed E-state index contributed by atoms with van der Waals surface area (Å²) in [6, 6.07) is 15.7. The number of esters is 1. The molecule has 3 rings (SSSR count). The molecule has 6 heteroatoms. The van der Waals surface area contributed by atoms with Crippen LogP contribution in [-0.4, -0.2) is 24.1 Å². The van der Waals surface area contributed by atoms with Crippen LogP contribution >= 0.6 is 11.8 Å². The van der Waals surface area contributed by atoms with Crippen molar-refractivity contribution >= 4 is 17.7 Å². The van der Waals surface area contributed by atoms with Crippen molar-refractivity contribution in [2.24, 2.45) is 5.41 Å². The number of hydrogen-bond acceptors (Lipinski definition) is 5. The average molecular weight is 416 g/mol. The first-order valence-corrected chi connectivity index (χ1v) is 10.5. The van der Waals surface area contributed by atoms with Gasteiger partial charge in [-0.2, -0.15) is 5.26 Å². The van der Waals surface area contributed by atoms with Crippen molar-refractivity contribution in [2.75, 3.05) is 6.26 Å². The predicted octanol–water partition coefficient (Wildman–Crippen LogP) is 5.35. The molecule has 0 bridgehead atoms. The molecule has 1 heterocycles. The quantitative estimate of drug-likeness (QED) is 0.499. The number of benzene rings is 2. The molecule has 0 N–H and O–H groups in total. The number of ether oxygens (including phenoxy) is 2. The molecule has 2 atom stereocenters. The predicted molar refractivity (Wildman–Crippen MR) is 112 cm³/mol. The zero-order valence-corrected chi connectivity index (χ0v) is 18.2. The lowest BCUT2D eigenvalue weighted by Gasteiger charge is -2.26. The third-order valence-electron chi connectivity index (χ3n) is 4.39. The summed E-state index contributed by atoms with van der Waals surface area (Å²) in [5.41, 5.74) is 0.323. The molecule has 2 aromatic carbocycles. The second-order valence-corrected chi connectivity index (χ2v) is 8.98. The van der Waals surface area contributed by atoms with Crippen molar-refractivity contribution in [1.82, 2.24) is 0 Å². The largest absolute Gasteiger partial charge is 0.433 e. The summed E-state index contributed by atoms with van der Waals surface area (Å²) < 4.78 is 23.4. The first-order valence-electron chi connectivity index (χ1n) is 9.25. The molecule has 0 saturated carbocycles. The summed E-state index contributed by atoms with van der Waals surface area (Å²) in [5, 5.41) is 8.78. The van der Waals surface area contributed by atoms with Gasteiger partial charge in [0.15, 0.2) is 5.60 Å². The van der Waals surface area contributed by atoms with Crippen molar-refractivity contribution < 1.29 is 18.7 Å². The Bertz CT molecular complexity index is 869. The maximum atomic E-state index is 12.2. The third-order valence-corrected chi connectivity index (χ3v) is 5.14. The van der Waals surface area contributed by atoms with Gasteiger partial charge in [0.2, 0.25) is 6.29 Å². The van der Waals surface area contributed by atoms with Gasteiger partial charge in [0.25, 0.3) is 0 Å². The molecular formula is C23H26FNO3S. The Balaban J connectivity index is 0.000000278. The fourth-order valence-electron chi connectivity index (χ4n) is 2.65. The van der Waals surface area contributed by atoms with E-state index in [1.54, 1.807) is 43.0 Å². The van der Waals surface area contributed by atoms with Crippen LogP contribution in [0.3, 0.4) is 0 Å². The number of halogens is 1. The minimum absolute atomic E-state index is 0.173. The van der Waals surface area contributed by atoms with E-state index in [2.05, 4.69) is 6.07 Å². The topological polar surface area (TPSA) is 59.3 Å². The van der Waals surface area contributed by atoms with Gasteiger partial charge in [0.05, 0.1) is 11.6 Å². The number of rotatable bonds is 3. The fourth-order valence-corrected chi connectivity index (χ4v) is 3.06. The van der Waals surface area contributed by atoms with Gasteiger partial charge in [-0.25, -0.2) is 9.18 Å². The van der Waals surface area contributed by atoms with Gasteiger partial charge in [-0.15, -0.1) is 11.8 Å². The molecule has 4 nitrogen and oxygen atoms in total. The van der Waals surface area contributed by atoms with Crippen LogP contribution in [0.2, 0.25) is 0 Å². The number of nitrogens with zero attached hydrogens (tertiary/aromatic N) is 1. The molecule has 2 aromatic rings. The standard InChI is InChI=1S/C16H19NO3.C7H7FS/c1-15(2,3)14-19-13(18)16(4,20-14)9-11-5-7-12(10-17)8-6-11;1-9-7-4-2-6(8)3-5-7/h5-8,14H,9H2,1-4H3;2-5H,1H3/t14-,16-;/m1./s1. The number of thioether (sulfide) groups is 1. The Labute approximate surface area is 176 Å². The van der Waals surface area contributed by atoms with Gasteiger partial charge in [-0.1, -0.05) is 32.9 Å². The average Bonchev–Trinajstić information content (AvgIpc) is 2.98. The molecule has 0 amide bonds.